The Morgan fingerprint density at radius 2 is 2.12 bits per heavy atom. The zero-order chi connectivity index (χ0) is 11.4. The molecule has 1 aromatic heterocycles. The van der Waals surface area contributed by atoms with Crippen LogP contribution in [0.3, 0.4) is 0 Å². The van der Waals surface area contributed by atoms with E-state index >= 15 is 0 Å². The van der Waals surface area contributed by atoms with Gasteiger partial charge in [-0.3, -0.25) is 4.98 Å². The summed E-state index contributed by atoms with van der Waals surface area (Å²) in [6.45, 7) is 0.512. The summed E-state index contributed by atoms with van der Waals surface area (Å²) in [5.74, 6) is 0.126. The molecule has 0 atom stereocenters. The maximum absolute atomic E-state index is 9.69. The van der Waals surface area contributed by atoms with Gasteiger partial charge in [-0.25, -0.2) is 0 Å². The number of hydrogen-bond donors (Lipinski definition) is 2. The molecule has 1 heterocycles. The number of phenols is 1. The molecule has 16 heavy (non-hydrogen) atoms. The number of nitrogens with zero attached hydrogens (tertiary/aromatic N) is 1. The van der Waals surface area contributed by atoms with Crippen molar-refractivity contribution in [3.8, 4) is 5.75 Å². The second-order valence-corrected chi connectivity index (χ2v) is 3.75. The van der Waals surface area contributed by atoms with Crippen molar-refractivity contribution in [2.75, 3.05) is 5.32 Å². The van der Waals surface area contributed by atoms with Crippen LogP contribution in [0.15, 0.2) is 42.7 Å². The molecule has 4 heteroatoms. The Morgan fingerprint density at radius 3 is 2.88 bits per heavy atom. The average Bonchev–Trinajstić information content (AvgIpc) is 2.32. The number of halogens is 1. The molecule has 0 spiro atoms. The van der Waals surface area contributed by atoms with Gasteiger partial charge < -0.3 is 10.4 Å². The van der Waals surface area contributed by atoms with E-state index in [9.17, 15) is 5.11 Å². The maximum atomic E-state index is 9.69. The molecule has 0 radical (unpaired) electrons. The van der Waals surface area contributed by atoms with Gasteiger partial charge in [0, 0.05) is 24.5 Å². The molecule has 0 amide bonds. The molecule has 0 bridgehead atoms. The van der Waals surface area contributed by atoms with E-state index in [0.717, 1.165) is 11.3 Å². The highest BCUT2D eigenvalue weighted by Crippen LogP contribution is 2.27. The molecule has 0 aliphatic heterocycles. The minimum Gasteiger partial charge on any atom is -0.506 e. The zero-order valence-electron chi connectivity index (χ0n) is 8.52. The molecule has 0 unspecified atom stereocenters. The van der Waals surface area contributed by atoms with Crippen molar-refractivity contribution in [3.05, 3.63) is 53.3 Å². The summed E-state index contributed by atoms with van der Waals surface area (Å²) in [4.78, 5) is 3.99. The van der Waals surface area contributed by atoms with Crippen LogP contribution in [0.5, 0.6) is 5.75 Å². The molecule has 1 aromatic carbocycles. The third-order valence-electron chi connectivity index (χ3n) is 2.21. The van der Waals surface area contributed by atoms with Gasteiger partial charge in [0.15, 0.2) is 0 Å². The lowest BCUT2D eigenvalue weighted by Crippen LogP contribution is -1.99. The molecule has 0 saturated heterocycles. The van der Waals surface area contributed by atoms with Gasteiger partial charge in [0.05, 0.1) is 10.7 Å². The topological polar surface area (TPSA) is 45.1 Å². The summed E-state index contributed by atoms with van der Waals surface area (Å²) >= 11 is 5.81. The molecule has 0 saturated carbocycles. The maximum Gasteiger partial charge on any atom is 0.139 e. The van der Waals surface area contributed by atoms with E-state index in [0.29, 0.717) is 11.6 Å². The largest absolute Gasteiger partial charge is 0.506 e. The number of benzene rings is 1. The Labute approximate surface area is 98.7 Å². The molecule has 3 nitrogen and oxygen atoms in total. The summed E-state index contributed by atoms with van der Waals surface area (Å²) < 4.78 is 0. The smallest absolute Gasteiger partial charge is 0.139 e. The van der Waals surface area contributed by atoms with Crippen LogP contribution in [0.4, 0.5) is 5.69 Å². The predicted molar refractivity (Wildman–Crippen MR) is 64.7 cm³/mol. The summed E-state index contributed by atoms with van der Waals surface area (Å²) in [5, 5.41) is 13.2. The highest BCUT2D eigenvalue weighted by Gasteiger charge is 2.04. The van der Waals surface area contributed by atoms with Crippen molar-refractivity contribution in [1.82, 2.24) is 4.98 Å². The van der Waals surface area contributed by atoms with Crippen molar-refractivity contribution >= 4 is 17.3 Å². The average molecular weight is 235 g/mol. The molecule has 0 aliphatic rings. The number of phenolic OH excluding ortho intramolecular Hbond substituents is 1. The van der Waals surface area contributed by atoms with Crippen LogP contribution in [0.25, 0.3) is 0 Å². The molecular weight excluding hydrogens is 224 g/mol. The van der Waals surface area contributed by atoms with E-state index in [4.69, 9.17) is 11.6 Å². The quantitative estimate of drug-likeness (QED) is 0.858. The van der Waals surface area contributed by atoms with Gasteiger partial charge in [-0.2, -0.15) is 0 Å². The molecule has 0 aliphatic carbocycles. The highest BCUT2D eigenvalue weighted by atomic mass is 35.5. The second kappa shape index (κ2) is 4.86. The van der Waals surface area contributed by atoms with Gasteiger partial charge >= 0.3 is 0 Å². The lowest BCUT2D eigenvalue weighted by atomic mass is 10.2. The number of hydrogen-bond acceptors (Lipinski definition) is 3. The Hall–Kier alpha value is -1.74. The first-order valence-corrected chi connectivity index (χ1v) is 5.25. The summed E-state index contributed by atoms with van der Waals surface area (Å²) in [5.41, 5.74) is 1.67. The van der Waals surface area contributed by atoms with Gasteiger partial charge in [0.25, 0.3) is 0 Å². The fourth-order valence-electron chi connectivity index (χ4n) is 1.37. The first-order chi connectivity index (χ1) is 7.77. The lowest BCUT2D eigenvalue weighted by molar-refractivity contribution is 0.469. The number of aromatic hydroxyl groups is 1. The van der Waals surface area contributed by atoms with Crippen LogP contribution in [0.1, 0.15) is 5.56 Å². The van der Waals surface area contributed by atoms with Crippen LogP contribution in [0, 0.1) is 0 Å². The fraction of sp³-hybridized carbons (Fsp3) is 0.0833. The fourth-order valence-corrected chi connectivity index (χ4v) is 1.56. The van der Waals surface area contributed by atoms with Crippen LogP contribution < -0.4 is 5.32 Å². The third kappa shape index (κ3) is 2.44. The number of nitrogens with one attached hydrogen (secondary N) is 1. The van der Waals surface area contributed by atoms with E-state index in [1.807, 2.05) is 24.3 Å². The van der Waals surface area contributed by atoms with Gasteiger partial charge in [0.2, 0.25) is 0 Å². The van der Waals surface area contributed by atoms with Crippen molar-refractivity contribution in [2.24, 2.45) is 0 Å². The number of pyridine rings is 1. The zero-order valence-corrected chi connectivity index (χ0v) is 9.28. The van der Waals surface area contributed by atoms with E-state index in [-0.39, 0.29) is 5.75 Å². The summed E-state index contributed by atoms with van der Waals surface area (Å²) in [7, 11) is 0. The molecule has 2 rings (SSSR count). The minimum absolute atomic E-state index is 0.126. The first-order valence-electron chi connectivity index (χ1n) is 4.87. The molecule has 2 N–H and O–H groups in total. The summed E-state index contributed by atoms with van der Waals surface area (Å²) in [6.07, 6.45) is 3.43. The number of aromatic nitrogens is 1. The van der Waals surface area contributed by atoms with E-state index in [2.05, 4.69) is 10.3 Å². The monoisotopic (exact) mass is 234 g/mol. The standard InChI is InChI=1S/C12H11ClN2O/c13-11-5-1-3-9(12(11)16)7-15-10-4-2-6-14-8-10/h1-6,8,15-16H,7H2. The van der Waals surface area contributed by atoms with E-state index in [1.165, 1.54) is 0 Å². The SMILES string of the molecule is Oc1c(Cl)cccc1CNc1cccnc1. The van der Waals surface area contributed by atoms with Crippen LogP contribution in [-0.2, 0) is 6.54 Å². The molecule has 2 aromatic rings. The first kappa shape index (κ1) is 10.8. The number of para-hydroxylation sites is 1. The second-order valence-electron chi connectivity index (χ2n) is 3.34. The molecule has 82 valence electrons. The Kier molecular flexibility index (Phi) is 3.27. The van der Waals surface area contributed by atoms with Gasteiger partial charge in [0.1, 0.15) is 5.75 Å². The normalized spacial score (nSPS) is 10.1. The summed E-state index contributed by atoms with van der Waals surface area (Å²) in [6, 6.07) is 9.05. The predicted octanol–water partition coefficient (Wildman–Crippen LogP) is 3.05. The number of anilines is 1. The molecular formula is C12H11ClN2O. The van der Waals surface area contributed by atoms with E-state index < -0.39 is 0 Å². The van der Waals surface area contributed by atoms with Crippen LogP contribution >= 0.6 is 11.6 Å². The Morgan fingerprint density at radius 1 is 1.25 bits per heavy atom. The van der Waals surface area contributed by atoms with Gasteiger partial charge in [-0.1, -0.05) is 23.7 Å². The van der Waals surface area contributed by atoms with Crippen molar-refractivity contribution < 1.29 is 5.11 Å². The Bertz CT molecular complexity index is 474. The van der Waals surface area contributed by atoms with Gasteiger partial charge in [-0.15, -0.1) is 0 Å². The lowest BCUT2D eigenvalue weighted by Gasteiger charge is -2.08. The van der Waals surface area contributed by atoms with Gasteiger partial charge in [-0.05, 0) is 18.2 Å². The Balaban J connectivity index is 2.08. The minimum atomic E-state index is 0.126. The van der Waals surface area contributed by atoms with Crippen molar-refractivity contribution in [3.63, 3.8) is 0 Å². The van der Waals surface area contributed by atoms with Crippen LogP contribution in [0.2, 0.25) is 5.02 Å². The van der Waals surface area contributed by atoms with E-state index in [1.54, 1.807) is 18.5 Å². The van der Waals surface area contributed by atoms with Crippen LogP contribution in [-0.4, -0.2) is 10.1 Å². The number of rotatable bonds is 3. The van der Waals surface area contributed by atoms with Crippen molar-refractivity contribution in [2.45, 2.75) is 6.54 Å². The third-order valence-corrected chi connectivity index (χ3v) is 2.52. The molecule has 0 fully saturated rings. The van der Waals surface area contributed by atoms with Crippen molar-refractivity contribution in [1.29, 1.82) is 0 Å². The highest BCUT2D eigenvalue weighted by molar-refractivity contribution is 6.32.